The third-order valence-corrected chi connectivity index (χ3v) is 5.16. The average Bonchev–Trinajstić information content (AvgIpc) is 2.74. The van der Waals surface area contributed by atoms with Gasteiger partial charge >= 0.3 is 0 Å². The Morgan fingerprint density at radius 3 is 2.13 bits per heavy atom. The summed E-state index contributed by atoms with van der Waals surface area (Å²) >= 11 is 0. The van der Waals surface area contributed by atoms with Crippen molar-refractivity contribution in [3.8, 4) is 23.7 Å². The molecule has 0 heterocycles. The summed E-state index contributed by atoms with van der Waals surface area (Å²) in [6, 6.07) is 14.8. The van der Waals surface area contributed by atoms with Gasteiger partial charge in [0.15, 0.2) is 0 Å². The molecule has 0 unspecified atom stereocenters. The molecule has 3 rings (SSSR count). The minimum absolute atomic E-state index is 0.606. The minimum Gasteiger partial charge on any atom is -0.0978 e. The highest BCUT2D eigenvalue weighted by Crippen LogP contribution is 2.38. The van der Waals surface area contributed by atoms with E-state index in [2.05, 4.69) is 99.6 Å². The lowest BCUT2D eigenvalue weighted by Crippen LogP contribution is -2.10. The number of aryl methyl sites for hydroxylation is 1. The van der Waals surface area contributed by atoms with Gasteiger partial charge in [0.25, 0.3) is 0 Å². The number of hydrogen-bond acceptors (Lipinski definition) is 0. The fourth-order valence-electron chi connectivity index (χ4n) is 3.15. The van der Waals surface area contributed by atoms with Crippen LogP contribution in [0, 0.1) is 30.6 Å². The summed E-state index contributed by atoms with van der Waals surface area (Å²) < 4.78 is 0. The van der Waals surface area contributed by atoms with E-state index in [-0.39, 0.29) is 0 Å². The lowest BCUT2D eigenvalue weighted by Gasteiger charge is -2.27. The van der Waals surface area contributed by atoms with E-state index in [9.17, 15) is 0 Å². The predicted molar refractivity (Wildman–Crippen MR) is 136 cm³/mol. The Hall–Kier alpha value is -3.22. The molecule has 0 heteroatoms. The van der Waals surface area contributed by atoms with Gasteiger partial charge in [0.2, 0.25) is 0 Å². The van der Waals surface area contributed by atoms with Crippen LogP contribution in [0.3, 0.4) is 0 Å². The summed E-state index contributed by atoms with van der Waals surface area (Å²) in [7, 11) is 0. The molecule has 0 atom stereocenters. The topological polar surface area (TPSA) is 0 Å². The van der Waals surface area contributed by atoms with E-state index in [0.29, 0.717) is 5.92 Å². The number of hydrogen-bond donors (Lipinski definition) is 0. The van der Waals surface area contributed by atoms with Crippen molar-refractivity contribution < 1.29 is 0 Å². The van der Waals surface area contributed by atoms with Crippen LogP contribution in [-0.2, 0) is 0 Å². The van der Waals surface area contributed by atoms with Crippen molar-refractivity contribution >= 4 is 0 Å². The Kier molecular flexibility index (Phi) is 9.68. The summed E-state index contributed by atoms with van der Waals surface area (Å²) in [5.74, 6) is 13.9. The summed E-state index contributed by atoms with van der Waals surface area (Å²) in [6.45, 7) is 14.1. The van der Waals surface area contributed by atoms with Crippen LogP contribution >= 0.6 is 0 Å². The molecule has 0 amide bonds. The van der Waals surface area contributed by atoms with Crippen molar-refractivity contribution in [1.82, 2.24) is 0 Å². The highest BCUT2D eigenvalue weighted by molar-refractivity contribution is 5.54. The van der Waals surface area contributed by atoms with Crippen LogP contribution in [0.1, 0.15) is 80.7 Å². The van der Waals surface area contributed by atoms with Crippen molar-refractivity contribution in [2.75, 3.05) is 0 Å². The Morgan fingerprint density at radius 2 is 1.55 bits per heavy atom. The molecule has 31 heavy (non-hydrogen) atoms. The van der Waals surface area contributed by atoms with E-state index in [4.69, 9.17) is 0 Å². The third kappa shape index (κ3) is 7.51. The monoisotopic (exact) mass is 406 g/mol. The summed E-state index contributed by atoms with van der Waals surface area (Å²) in [5.41, 5.74) is 7.99. The normalized spacial score (nSPS) is 12.6. The van der Waals surface area contributed by atoms with Gasteiger partial charge in [-0.15, -0.1) is 0 Å². The molecule has 1 aliphatic carbocycles. The second kappa shape index (κ2) is 12.5. The maximum atomic E-state index is 3.89. The van der Waals surface area contributed by atoms with E-state index in [1.807, 2.05) is 26.0 Å². The van der Waals surface area contributed by atoms with Crippen LogP contribution < -0.4 is 0 Å². The van der Waals surface area contributed by atoms with Crippen molar-refractivity contribution in [2.45, 2.75) is 59.8 Å². The molecule has 1 aliphatic rings. The standard InChI is InChI=1S/C29H28.C2H6/c1-5-24(12-9-22(2)3)17-19-28-20-18-26(21-29(28)27-7-6-8-27)16-15-25-13-10-23(4)11-14-25;1-2/h5,9-14,18,20-21,27H,1,6-8H2,2-4H3;1-2H3/b24-12+;. The van der Waals surface area contributed by atoms with Crippen molar-refractivity contribution in [3.05, 3.63) is 106 Å². The lowest BCUT2D eigenvalue weighted by atomic mass is 9.78. The molecule has 0 nitrogen and oxygen atoms in total. The van der Waals surface area contributed by atoms with E-state index < -0.39 is 0 Å². The largest absolute Gasteiger partial charge is 0.0978 e. The minimum atomic E-state index is 0.606. The summed E-state index contributed by atoms with van der Waals surface area (Å²) in [4.78, 5) is 0. The van der Waals surface area contributed by atoms with Gasteiger partial charge < -0.3 is 0 Å². The van der Waals surface area contributed by atoms with E-state index >= 15 is 0 Å². The third-order valence-electron chi connectivity index (χ3n) is 5.16. The average molecular weight is 407 g/mol. The molecule has 0 bridgehead atoms. The smallest absolute Gasteiger partial charge is 0.0284 e. The SMILES string of the molecule is C=C/C(C#Cc1ccc(C#Cc2ccc(C)cc2)cc1C1CCC1)=C\C=C(C)C.CC. The van der Waals surface area contributed by atoms with E-state index in [1.165, 1.54) is 36.0 Å². The van der Waals surface area contributed by atoms with Gasteiger partial charge in [0.1, 0.15) is 0 Å². The Balaban J connectivity index is 0.00000166. The molecule has 0 saturated heterocycles. The van der Waals surface area contributed by atoms with Crippen LogP contribution in [0.25, 0.3) is 0 Å². The molecule has 2 aromatic rings. The van der Waals surface area contributed by atoms with Crippen LogP contribution in [0.15, 0.2) is 78.4 Å². The molecule has 0 radical (unpaired) electrons. The zero-order valence-corrected chi connectivity index (χ0v) is 19.7. The van der Waals surface area contributed by atoms with Gasteiger partial charge in [0, 0.05) is 22.3 Å². The molecular weight excluding hydrogens is 372 g/mol. The first-order valence-corrected chi connectivity index (χ1v) is 11.3. The van der Waals surface area contributed by atoms with Gasteiger partial charge in [-0.2, -0.15) is 0 Å². The second-order valence-corrected chi connectivity index (χ2v) is 7.87. The van der Waals surface area contributed by atoms with Gasteiger partial charge in [-0.25, -0.2) is 0 Å². The first kappa shape index (κ1) is 24.1. The fraction of sp³-hybridized carbons (Fsp3) is 0.290. The van der Waals surface area contributed by atoms with Gasteiger partial charge in [-0.1, -0.05) is 86.0 Å². The van der Waals surface area contributed by atoms with E-state index in [1.54, 1.807) is 0 Å². The maximum Gasteiger partial charge on any atom is 0.0284 e. The maximum absolute atomic E-state index is 3.89. The van der Waals surface area contributed by atoms with Crippen molar-refractivity contribution in [2.24, 2.45) is 0 Å². The highest BCUT2D eigenvalue weighted by atomic mass is 14.3. The zero-order valence-electron chi connectivity index (χ0n) is 19.7. The van der Waals surface area contributed by atoms with Gasteiger partial charge in [0.05, 0.1) is 0 Å². The van der Waals surface area contributed by atoms with Gasteiger partial charge in [-0.05, 0) is 81.5 Å². The number of allylic oxidation sites excluding steroid dienone is 5. The van der Waals surface area contributed by atoms with Crippen LogP contribution in [0.4, 0.5) is 0 Å². The number of benzene rings is 2. The Morgan fingerprint density at radius 1 is 0.903 bits per heavy atom. The van der Waals surface area contributed by atoms with E-state index in [0.717, 1.165) is 22.3 Å². The first-order valence-electron chi connectivity index (χ1n) is 11.3. The number of rotatable bonds is 3. The van der Waals surface area contributed by atoms with Crippen LogP contribution in [-0.4, -0.2) is 0 Å². The quantitative estimate of drug-likeness (QED) is 0.356. The molecular formula is C31H34. The second-order valence-electron chi connectivity index (χ2n) is 7.87. The van der Waals surface area contributed by atoms with Crippen molar-refractivity contribution in [3.63, 3.8) is 0 Å². The first-order chi connectivity index (χ1) is 15.0. The zero-order chi connectivity index (χ0) is 22.6. The van der Waals surface area contributed by atoms with Gasteiger partial charge in [-0.3, -0.25) is 0 Å². The molecule has 0 aromatic heterocycles. The molecule has 2 aromatic carbocycles. The molecule has 158 valence electrons. The summed E-state index contributed by atoms with van der Waals surface area (Å²) in [5, 5.41) is 0. The Bertz CT molecular complexity index is 1060. The van der Waals surface area contributed by atoms with Crippen LogP contribution in [0.2, 0.25) is 0 Å². The fourth-order valence-corrected chi connectivity index (χ4v) is 3.15. The molecule has 0 aliphatic heterocycles. The molecule has 1 fully saturated rings. The Labute approximate surface area is 189 Å². The molecule has 1 saturated carbocycles. The highest BCUT2D eigenvalue weighted by Gasteiger charge is 2.21. The molecule has 0 N–H and O–H groups in total. The van der Waals surface area contributed by atoms with Crippen LogP contribution in [0.5, 0.6) is 0 Å². The predicted octanol–water partition coefficient (Wildman–Crippen LogP) is 8.12. The van der Waals surface area contributed by atoms with Crippen molar-refractivity contribution in [1.29, 1.82) is 0 Å². The summed E-state index contributed by atoms with van der Waals surface area (Å²) in [6.07, 6.45) is 9.70. The lowest BCUT2D eigenvalue weighted by molar-refractivity contribution is 0.419. The molecule has 0 spiro atoms.